The van der Waals surface area contributed by atoms with E-state index < -0.39 is 0 Å². The third kappa shape index (κ3) is 6.26. The average Bonchev–Trinajstić information content (AvgIpc) is 2.77. The number of hydrogen-bond donors (Lipinski definition) is 2. The summed E-state index contributed by atoms with van der Waals surface area (Å²) in [5.74, 6) is -0.231. The van der Waals surface area contributed by atoms with Crippen molar-refractivity contribution in [1.82, 2.24) is 15.1 Å². The zero-order valence-electron chi connectivity index (χ0n) is 17.6. The van der Waals surface area contributed by atoms with Gasteiger partial charge in [-0.1, -0.05) is 48.0 Å². The normalized spacial score (nSPS) is 10.8. The van der Waals surface area contributed by atoms with Gasteiger partial charge in [0, 0.05) is 30.2 Å². The van der Waals surface area contributed by atoms with Crippen LogP contribution in [0.1, 0.15) is 34.2 Å². The number of carbonyl (C=O) groups excluding carboxylic acids is 1. The molecule has 6 nitrogen and oxygen atoms in total. The van der Waals surface area contributed by atoms with Gasteiger partial charge in [-0.3, -0.25) is 9.59 Å². The Morgan fingerprint density at radius 2 is 1.94 bits per heavy atom. The van der Waals surface area contributed by atoms with Crippen LogP contribution in [0.25, 0.3) is 0 Å². The van der Waals surface area contributed by atoms with Gasteiger partial charge in [0.25, 0.3) is 5.56 Å². The van der Waals surface area contributed by atoms with Crippen LogP contribution in [0.15, 0.2) is 59.5 Å². The molecule has 2 aromatic carbocycles. The first kappa shape index (κ1) is 22.7. The van der Waals surface area contributed by atoms with Crippen molar-refractivity contribution < 1.29 is 4.79 Å². The van der Waals surface area contributed by atoms with Gasteiger partial charge in [-0.2, -0.15) is 5.10 Å². The Hall–Kier alpha value is -2.96. The monoisotopic (exact) mass is 438 g/mol. The van der Waals surface area contributed by atoms with Crippen LogP contribution in [0.5, 0.6) is 0 Å². The van der Waals surface area contributed by atoms with E-state index in [4.69, 9.17) is 17.3 Å². The van der Waals surface area contributed by atoms with Gasteiger partial charge in [0.1, 0.15) is 0 Å². The maximum atomic E-state index is 12.9. The molecule has 0 fully saturated rings. The second kappa shape index (κ2) is 10.9. The van der Waals surface area contributed by atoms with Crippen molar-refractivity contribution in [3.8, 4) is 0 Å². The third-order valence-electron chi connectivity index (χ3n) is 5.24. The highest BCUT2D eigenvalue weighted by Crippen LogP contribution is 2.16. The standard InChI is InChI=1S/C24H27ClN4O2/c1-17-15-28-29(11-5-8-18-6-3-2-4-7-18)24(31)22(17)13-23(30)27-16-20-12-21(25)10-9-19(20)14-26/h2-4,6-7,9-10,12,15H,5,8,11,13-14,16,26H2,1H3,(H,27,30). The Kier molecular flexibility index (Phi) is 7.98. The van der Waals surface area contributed by atoms with Crippen LogP contribution in [-0.4, -0.2) is 15.7 Å². The SMILES string of the molecule is Cc1cnn(CCCc2ccccc2)c(=O)c1CC(=O)NCc1cc(Cl)ccc1CN. The van der Waals surface area contributed by atoms with E-state index in [2.05, 4.69) is 22.5 Å². The predicted molar refractivity (Wildman–Crippen MR) is 123 cm³/mol. The molecule has 1 heterocycles. The van der Waals surface area contributed by atoms with Crippen molar-refractivity contribution in [3.05, 3.63) is 97.9 Å². The minimum atomic E-state index is -0.231. The highest BCUT2D eigenvalue weighted by atomic mass is 35.5. The van der Waals surface area contributed by atoms with Gasteiger partial charge in [0.15, 0.2) is 0 Å². The molecule has 3 rings (SSSR count). The largest absolute Gasteiger partial charge is 0.352 e. The topological polar surface area (TPSA) is 90.0 Å². The number of carbonyl (C=O) groups is 1. The quantitative estimate of drug-likeness (QED) is 0.537. The molecule has 0 saturated heterocycles. The zero-order chi connectivity index (χ0) is 22.2. The molecule has 7 heteroatoms. The van der Waals surface area contributed by atoms with E-state index in [1.165, 1.54) is 10.2 Å². The van der Waals surface area contributed by atoms with Crippen molar-refractivity contribution in [2.75, 3.05) is 0 Å². The van der Waals surface area contributed by atoms with Crippen molar-refractivity contribution >= 4 is 17.5 Å². The Morgan fingerprint density at radius 1 is 1.16 bits per heavy atom. The fourth-order valence-corrected chi connectivity index (χ4v) is 3.63. The van der Waals surface area contributed by atoms with E-state index in [0.717, 1.165) is 24.0 Å². The first-order valence-corrected chi connectivity index (χ1v) is 10.7. The number of hydrogen-bond acceptors (Lipinski definition) is 4. The Morgan fingerprint density at radius 3 is 2.68 bits per heavy atom. The summed E-state index contributed by atoms with van der Waals surface area (Å²) in [6.07, 6.45) is 3.31. The second-order valence-corrected chi connectivity index (χ2v) is 7.93. The van der Waals surface area contributed by atoms with Gasteiger partial charge in [-0.25, -0.2) is 4.68 Å². The zero-order valence-corrected chi connectivity index (χ0v) is 18.4. The molecular formula is C24H27ClN4O2. The number of benzene rings is 2. The number of nitrogens with two attached hydrogens (primary N) is 1. The van der Waals surface area contributed by atoms with Crippen molar-refractivity contribution in [3.63, 3.8) is 0 Å². The molecule has 3 N–H and O–H groups in total. The van der Waals surface area contributed by atoms with Crippen molar-refractivity contribution in [2.45, 2.75) is 45.8 Å². The van der Waals surface area contributed by atoms with Crippen LogP contribution in [0.4, 0.5) is 0 Å². The van der Waals surface area contributed by atoms with Crippen LogP contribution in [0.3, 0.4) is 0 Å². The Balaban J connectivity index is 1.63. The summed E-state index contributed by atoms with van der Waals surface area (Å²) >= 11 is 6.05. The summed E-state index contributed by atoms with van der Waals surface area (Å²) in [6.45, 7) is 2.97. The molecule has 3 aromatic rings. The number of nitrogens with one attached hydrogen (secondary N) is 1. The lowest BCUT2D eigenvalue weighted by Crippen LogP contribution is -2.32. The Labute approximate surface area is 187 Å². The summed E-state index contributed by atoms with van der Waals surface area (Å²) in [4.78, 5) is 25.4. The maximum absolute atomic E-state index is 12.9. The molecule has 0 aliphatic rings. The predicted octanol–water partition coefficient (Wildman–Crippen LogP) is 3.16. The summed E-state index contributed by atoms with van der Waals surface area (Å²) in [5, 5.41) is 7.70. The summed E-state index contributed by atoms with van der Waals surface area (Å²) < 4.78 is 1.45. The molecule has 0 saturated carbocycles. The summed E-state index contributed by atoms with van der Waals surface area (Å²) in [6, 6.07) is 15.5. The summed E-state index contributed by atoms with van der Waals surface area (Å²) in [7, 11) is 0. The highest BCUT2D eigenvalue weighted by Gasteiger charge is 2.13. The molecule has 0 spiro atoms. The van der Waals surface area contributed by atoms with Gasteiger partial charge in [0.2, 0.25) is 5.91 Å². The average molecular weight is 439 g/mol. The van der Waals surface area contributed by atoms with Gasteiger partial charge < -0.3 is 11.1 Å². The van der Waals surface area contributed by atoms with E-state index in [1.54, 1.807) is 25.3 Å². The maximum Gasteiger partial charge on any atom is 0.270 e. The number of nitrogens with zero attached hydrogens (tertiary/aromatic N) is 2. The molecule has 0 bridgehead atoms. The van der Waals surface area contributed by atoms with Gasteiger partial charge >= 0.3 is 0 Å². The van der Waals surface area contributed by atoms with Crippen molar-refractivity contribution in [1.29, 1.82) is 0 Å². The van der Waals surface area contributed by atoms with Crippen molar-refractivity contribution in [2.24, 2.45) is 5.73 Å². The third-order valence-corrected chi connectivity index (χ3v) is 5.47. The molecule has 0 radical (unpaired) electrons. The van der Waals surface area contributed by atoms with Crippen LogP contribution in [-0.2, 0) is 37.3 Å². The molecule has 1 aromatic heterocycles. The number of aryl methyl sites for hydroxylation is 3. The number of halogens is 1. The van der Waals surface area contributed by atoms with E-state index in [9.17, 15) is 9.59 Å². The molecule has 0 unspecified atom stereocenters. The molecule has 1 amide bonds. The Bertz CT molecular complexity index is 1100. The molecule has 31 heavy (non-hydrogen) atoms. The van der Waals surface area contributed by atoms with Crippen LogP contribution in [0.2, 0.25) is 5.02 Å². The van der Waals surface area contributed by atoms with Gasteiger partial charge in [0.05, 0.1) is 12.6 Å². The van der Waals surface area contributed by atoms with Crippen LogP contribution < -0.4 is 16.6 Å². The smallest absolute Gasteiger partial charge is 0.270 e. The lowest BCUT2D eigenvalue weighted by molar-refractivity contribution is -0.120. The van der Waals surface area contributed by atoms with E-state index in [-0.39, 0.29) is 17.9 Å². The van der Waals surface area contributed by atoms with E-state index in [0.29, 0.717) is 35.8 Å². The fraction of sp³-hybridized carbons (Fsp3) is 0.292. The van der Waals surface area contributed by atoms with E-state index in [1.807, 2.05) is 24.3 Å². The first-order chi connectivity index (χ1) is 15.0. The van der Waals surface area contributed by atoms with Gasteiger partial charge in [-0.15, -0.1) is 0 Å². The van der Waals surface area contributed by atoms with Crippen LogP contribution >= 0.6 is 11.6 Å². The molecule has 0 aliphatic carbocycles. The second-order valence-electron chi connectivity index (χ2n) is 7.49. The number of aromatic nitrogens is 2. The fourth-order valence-electron chi connectivity index (χ4n) is 3.44. The lowest BCUT2D eigenvalue weighted by atomic mass is 10.1. The molecule has 0 aliphatic heterocycles. The number of rotatable bonds is 9. The summed E-state index contributed by atoms with van der Waals surface area (Å²) in [5.41, 5.74) is 9.74. The molecular weight excluding hydrogens is 412 g/mol. The van der Waals surface area contributed by atoms with E-state index >= 15 is 0 Å². The van der Waals surface area contributed by atoms with Crippen LogP contribution in [0, 0.1) is 6.92 Å². The lowest BCUT2D eigenvalue weighted by Gasteiger charge is -2.12. The first-order valence-electron chi connectivity index (χ1n) is 10.3. The molecule has 0 atom stereocenters. The van der Waals surface area contributed by atoms with Gasteiger partial charge in [-0.05, 0) is 54.2 Å². The minimum Gasteiger partial charge on any atom is -0.352 e. The number of amides is 1. The highest BCUT2D eigenvalue weighted by molar-refractivity contribution is 6.30. The minimum absolute atomic E-state index is 0.00436. The molecule has 162 valence electrons.